The third-order valence-corrected chi connectivity index (χ3v) is 10.5. The molecule has 0 bridgehead atoms. The fourth-order valence-corrected chi connectivity index (χ4v) is 7.30. The van der Waals surface area contributed by atoms with Crippen molar-refractivity contribution < 1.29 is 28.5 Å². The Labute approximate surface area is 262 Å². The summed E-state index contributed by atoms with van der Waals surface area (Å²) in [6.45, 7) is 16.7. The van der Waals surface area contributed by atoms with Gasteiger partial charge in [-0.15, -0.1) is 0 Å². The van der Waals surface area contributed by atoms with Crippen molar-refractivity contribution in [3.05, 3.63) is 29.8 Å². The minimum absolute atomic E-state index is 0.0572. The maximum Gasteiger partial charge on any atom is 0.144 e. The molecule has 0 aromatic heterocycles. The minimum Gasteiger partial charge on any atom is -0.491 e. The van der Waals surface area contributed by atoms with Crippen molar-refractivity contribution in [3.8, 4) is 5.75 Å². The van der Waals surface area contributed by atoms with Gasteiger partial charge in [-0.1, -0.05) is 19.1 Å². The molecule has 2 aliphatic rings. The molecule has 244 valence electrons. The molecule has 0 radical (unpaired) electrons. The molecular weight excluding hydrogens is 540 g/mol. The van der Waals surface area contributed by atoms with Gasteiger partial charge in [0.1, 0.15) is 23.9 Å². The number of hydrogen-bond acceptors (Lipinski definition) is 6. The van der Waals surface area contributed by atoms with Crippen LogP contribution in [-0.2, 0) is 30.2 Å². The van der Waals surface area contributed by atoms with Crippen molar-refractivity contribution in [2.75, 3.05) is 33.5 Å². The van der Waals surface area contributed by atoms with Crippen molar-refractivity contribution in [2.45, 2.75) is 124 Å². The van der Waals surface area contributed by atoms with E-state index in [0.717, 1.165) is 57.3 Å². The molecular formula is C37H60O6. The zero-order valence-corrected chi connectivity index (χ0v) is 28.5. The van der Waals surface area contributed by atoms with Gasteiger partial charge in [-0.05, 0) is 135 Å². The van der Waals surface area contributed by atoms with E-state index in [1.165, 1.54) is 18.4 Å². The van der Waals surface area contributed by atoms with E-state index in [9.17, 15) is 9.59 Å². The molecule has 6 heteroatoms. The molecule has 1 unspecified atom stereocenters. The van der Waals surface area contributed by atoms with Gasteiger partial charge in [0, 0.05) is 25.6 Å². The number of carbonyl (C=O) groups excluding carboxylic acids is 2. The minimum atomic E-state index is -0.756. The zero-order valence-electron chi connectivity index (χ0n) is 28.5. The number of Topliss-reactive ketones (excluding diaryl/α,β-unsaturated/α-hetero) is 2. The van der Waals surface area contributed by atoms with Crippen LogP contribution in [0, 0.1) is 29.1 Å². The Morgan fingerprint density at radius 1 is 0.767 bits per heavy atom. The Kier molecular flexibility index (Phi) is 13.3. The number of hydrogen-bond donors (Lipinski definition) is 0. The zero-order chi connectivity index (χ0) is 31.7. The van der Waals surface area contributed by atoms with Gasteiger partial charge in [0.15, 0.2) is 0 Å². The molecule has 2 saturated carbocycles. The summed E-state index contributed by atoms with van der Waals surface area (Å²) in [6.07, 6.45) is 9.29. The van der Waals surface area contributed by atoms with Crippen LogP contribution in [0.3, 0.4) is 0 Å². The van der Waals surface area contributed by atoms with Crippen LogP contribution in [0.4, 0.5) is 0 Å². The first-order valence-electron chi connectivity index (χ1n) is 16.8. The summed E-state index contributed by atoms with van der Waals surface area (Å²) in [5.41, 5.74) is -0.709. The smallest absolute Gasteiger partial charge is 0.144 e. The standard InChI is InChI=1S/C37H60O6/c1-9-28-14-20-33(21-15-28)41-22-23-42-35(3,4)26-37(7,34(39)32-18-16-31(17-19-32)27(2)38)36(5,6)43-25-30-12-10-29(11-13-30)24-40-8/h14-15,20-21,29-32H,9-13,16-19,22-26H2,1-8H3. The highest BCUT2D eigenvalue weighted by molar-refractivity contribution is 5.88. The maximum absolute atomic E-state index is 14.5. The van der Waals surface area contributed by atoms with E-state index < -0.39 is 16.6 Å². The Morgan fingerprint density at radius 2 is 1.33 bits per heavy atom. The third kappa shape index (κ3) is 10.1. The summed E-state index contributed by atoms with van der Waals surface area (Å²) in [4.78, 5) is 26.5. The topological polar surface area (TPSA) is 71.1 Å². The van der Waals surface area contributed by atoms with Gasteiger partial charge >= 0.3 is 0 Å². The lowest BCUT2D eigenvalue weighted by atomic mass is 9.61. The number of ether oxygens (including phenoxy) is 4. The molecule has 0 amide bonds. The van der Waals surface area contributed by atoms with Gasteiger partial charge in [0.2, 0.25) is 0 Å². The number of ketones is 2. The second-order valence-corrected chi connectivity index (χ2v) is 14.6. The van der Waals surface area contributed by atoms with E-state index in [1.807, 2.05) is 12.1 Å². The number of methoxy groups -OCH3 is 1. The number of aryl methyl sites for hydroxylation is 1. The Hall–Kier alpha value is -1.76. The summed E-state index contributed by atoms with van der Waals surface area (Å²) >= 11 is 0. The average Bonchev–Trinajstić information content (AvgIpc) is 2.98. The summed E-state index contributed by atoms with van der Waals surface area (Å²) in [6, 6.07) is 8.19. The van der Waals surface area contributed by atoms with Crippen molar-refractivity contribution in [3.63, 3.8) is 0 Å². The van der Waals surface area contributed by atoms with Crippen molar-refractivity contribution in [2.24, 2.45) is 29.1 Å². The largest absolute Gasteiger partial charge is 0.491 e. The molecule has 2 fully saturated rings. The summed E-state index contributed by atoms with van der Waals surface area (Å²) < 4.78 is 24.5. The van der Waals surface area contributed by atoms with Gasteiger partial charge in [-0.3, -0.25) is 9.59 Å². The highest BCUT2D eigenvalue weighted by atomic mass is 16.5. The third-order valence-electron chi connectivity index (χ3n) is 10.5. The van der Waals surface area contributed by atoms with E-state index in [1.54, 1.807) is 14.0 Å². The van der Waals surface area contributed by atoms with E-state index >= 15 is 0 Å². The van der Waals surface area contributed by atoms with Gasteiger partial charge in [-0.2, -0.15) is 0 Å². The second kappa shape index (κ2) is 16.0. The van der Waals surface area contributed by atoms with Gasteiger partial charge in [0.05, 0.1) is 29.8 Å². The summed E-state index contributed by atoms with van der Waals surface area (Å²) in [7, 11) is 1.78. The molecule has 1 aromatic carbocycles. The molecule has 0 heterocycles. The van der Waals surface area contributed by atoms with Crippen LogP contribution in [0.25, 0.3) is 0 Å². The fraction of sp³-hybridized carbons (Fsp3) is 0.784. The van der Waals surface area contributed by atoms with Crippen LogP contribution in [0.15, 0.2) is 24.3 Å². The lowest BCUT2D eigenvalue weighted by Gasteiger charge is -2.49. The quantitative estimate of drug-likeness (QED) is 0.169. The maximum atomic E-state index is 14.5. The Balaban J connectivity index is 1.67. The van der Waals surface area contributed by atoms with E-state index in [4.69, 9.17) is 18.9 Å². The van der Waals surface area contributed by atoms with Crippen LogP contribution in [0.1, 0.15) is 112 Å². The Morgan fingerprint density at radius 3 is 1.86 bits per heavy atom. The van der Waals surface area contributed by atoms with Crippen LogP contribution in [0.5, 0.6) is 5.75 Å². The first kappa shape index (κ1) is 35.7. The fourth-order valence-electron chi connectivity index (χ4n) is 7.30. The van der Waals surface area contributed by atoms with Gasteiger partial charge in [0.25, 0.3) is 0 Å². The normalized spacial score (nSPS) is 24.7. The molecule has 43 heavy (non-hydrogen) atoms. The van der Waals surface area contributed by atoms with Gasteiger partial charge < -0.3 is 18.9 Å². The number of rotatable bonds is 17. The molecule has 2 aliphatic carbocycles. The van der Waals surface area contributed by atoms with Crippen LogP contribution >= 0.6 is 0 Å². The van der Waals surface area contributed by atoms with Crippen LogP contribution in [-0.4, -0.2) is 56.3 Å². The van der Waals surface area contributed by atoms with E-state index in [0.29, 0.717) is 38.1 Å². The van der Waals surface area contributed by atoms with Crippen LogP contribution in [0.2, 0.25) is 0 Å². The first-order chi connectivity index (χ1) is 20.3. The molecule has 0 spiro atoms. The Bertz CT molecular complexity index is 998. The SMILES string of the molecule is CCc1ccc(OCCOC(C)(C)CC(C)(C(=O)C2CCC(C(C)=O)CC2)C(C)(C)OCC2CCC(COC)CC2)cc1. The molecule has 0 saturated heterocycles. The molecule has 1 atom stereocenters. The lowest BCUT2D eigenvalue weighted by Crippen LogP contribution is -2.55. The van der Waals surface area contributed by atoms with E-state index in [-0.39, 0.29) is 23.4 Å². The summed E-state index contributed by atoms with van der Waals surface area (Å²) in [5.74, 6) is 2.52. The monoisotopic (exact) mass is 600 g/mol. The predicted molar refractivity (Wildman–Crippen MR) is 173 cm³/mol. The molecule has 3 rings (SSSR count). The molecule has 6 nitrogen and oxygen atoms in total. The molecule has 0 aliphatic heterocycles. The van der Waals surface area contributed by atoms with Crippen molar-refractivity contribution in [1.82, 2.24) is 0 Å². The van der Waals surface area contributed by atoms with Crippen LogP contribution < -0.4 is 4.74 Å². The van der Waals surface area contributed by atoms with Crippen molar-refractivity contribution >= 4 is 11.6 Å². The highest BCUT2D eigenvalue weighted by Crippen LogP contribution is 2.47. The van der Waals surface area contributed by atoms with Crippen molar-refractivity contribution in [1.29, 1.82) is 0 Å². The highest BCUT2D eigenvalue weighted by Gasteiger charge is 2.53. The second-order valence-electron chi connectivity index (χ2n) is 14.6. The van der Waals surface area contributed by atoms with E-state index in [2.05, 4.69) is 53.7 Å². The predicted octanol–water partition coefficient (Wildman–Crippen LogP) is 8.03. The molecule has 0 N–H and O–H groups in total. The number of benzene rings is 1. The first-order valence-corrected chi connectivity index (χ1v) is 16.8. The van der Waals surface area contributed by atoms with Gasteiger partial charge in [-0.25, -0.2) is 0 Å². The summed E-state index contributed by atoms with van der Waals surface area (Å²) in [5, 5.41) is 0. The molecule has 1 aromatic rings. The number of carbonyl (C=O) groups is 2. The lowest BCUT2D eigenvalue weighted by molar-refractivity contribution is -0.174. The average molecular weight is 601 g/mol.